The van der Waals surface area contributed by atoms with Gasteiger partial charge < -0.3 is 5.32 Å². The molecule has 0 saturated carbocycles. The number of halogens is 1. The molecule has 4 nitrogen and oxygen atoms in total. The number of hydrogen-bond acceptors (Lipinski definition) is 2. The fourth-order valence-electron chi connectivity index (χ4n) is 1.76. The van der Waals surface area contributed by atoms with Crippen molar-refractivity contribution in [3.63, 3.8) is 0 Å². The van der Waals surface area contributed by atoms with Gasteiger partial charge >= 0.3 is 0 Å². The van der Waals surface area contributed by atoms with E-state index in [1.54, 1.807) is 17.8 Å². The first kappa shape index (κ1) is 14.0. The molecule has 0 saturated heterocycles. The zero-order valence-electron chi connectivity index (χ0n) is 10.8. The second-order valence-corrected chi connectivity index (χ2v) is 4.97. The second-order valence-electron chi connectivity index (χ2n) is 4.60. The van der Waals surface area contributed by atoms with Crippen LogP contribution in [0, 0.1) is 12.8 Å². The monoisotopic (exact) mass is 257 g/mol. The highest BCUT2D eigenvalue weighted by Crippen LogP contribution is 2.09. The maximum absolute atomic E-state index is 12.1. The van der Waals surface area contributed by atoms with Crippen molar-refractivity contribution in [2.24, 2.45) is 13.0 Å². The van der Waals surface area contributed by atoms with E-state index in [1.807, 2.05) is 6.92 Å². The lowest BCUT2D eigenvalue weighted by Gasteiger charge is -2.21. The van der Waals surface area contributed by atoms with Gasteiger partial charge in [-0.25, -0.2) is 0 Å². The minimum absolute atomic E-state index is 0.0862. The summed E-state index contributed by atoms with van der Waals surface area (Å²) in [4.78, 5) is 12.1. The maximum atomic E-state index is 12.1. The molecule has 5 heteroatoms. The summed E-state index contributed by atoms with van der Waals surface area (Å²) in [5.41, 5.74) is 1.43. The van der Waals surface area contributed by atoms with E-state index in [0.29, 0.717) is 17.5 Å². The lowest BCUT2D eigenvalue weighted by Crippen LogP contribution is -2.39. The molecule has 1 rings (SSSR count). The Bertz CT molecular complexity index is 387. The summed E-state index contributed by atoms with van der Waals surface area (Å²) in [5, 5.41) is 7.16. The Balaban J connectivity index is 2.73. The van der Waals surface area contributed by atoms with Crippen LogP contribution in [0.15, 0.2) is 6.07 Å². The molecule has 1 amide bonds. The van der Waals surface area contributed by atoms with E-state index >= 15 is 0 Å². The third kappa shape index (κ3) is 3.73. The molecule has 0 bridgehead atoms. The third-order valence-corrected chi connectivity index (χ3v) is 2.99. The van der Waals surface area contributed by atoms with Crippen molar-refractivity contribution in [2.45, 2.75) is 33.2 Å². The number of carbonyl (C=O) groups is 1. The van der Waals surface area contributed by atoms with Gasteiger partial charge in [0.15, 0.2) is 0 Å². The van der Waals surface area contributed by atoms with Crippen molar-refractivity contribution < 1.29 is 4.79 Å². The Kier molecular flexibility index (Phi) is 5.00. The summed E-state index contributed by atoms with van der Waals surface area (Å²) in [6.07, 6.45) is 0.780. The molecule has 0 aliphatic rings. The van der Waals surface area contributed by atoms with Gasteiger partial charge in [-0.1, -0.05) is 13.8 Å². The molecular weight excluding hydrogens is 238 g/mol. The smallest absolute Gasteiger partial charge is 0.269 e. The summed E-state index contributed by atoms with van der Waals surface area (Å²) in [7, 11) is 1.77. The van der Waals surface area contributed by atoms with Crippen molar-refractivity contribution in [1.29, 1.82) is 0 Å². The van der Waals surface area contributed by atoms with Gasteiger partial charge in [0.25, 0.3) is 5.91 Å². The predicted octanol–water partition coefficient (Wildman–Crippen LogP) is 2.11. The molecule has 0 aliphatic heterocycles. The van der Waals surface area contributed by atoms with Gasteiger partial charge in [-0.15, -0.1) is 11.6 Å². The standard InChI is InChI=1S/C12H20ClN3O/c1-8(2)10(5-6-13)14-12(17)11-7-9(3)15-16(11)4/h7-8,10H,5-6H2,1-4H3,(H,14,17). The van der Waals surface area contributed by atoms with Crippen molar-refractivity contribution in [2.75, 3.05) is 5.88 Å². The van der Waals surface area contributed by atoms with Gasteiger partial charge in [-0.2, -0.15) is 5.10 Å². The average Bonchev–Trinajstić information content (AvgIpc) is 2.57. The Morgan fingerprint density at radius 2 is 2.24 bits per heavy atom. The van der Waals surface area contributed by atoms with Gasteiger partial charge in [0.1, 0.15) is 5.69 Å². The lowest BCUT2D eigenvalue weighted by molar-refractivity contribution is 0.0915. The summed E-state index contributed by atoms with van der Waals surface area (Å²) in [5.74, 6) is 0.831. The van der Waals surface area contributed by atoms with Crippen molar-refractivity contribution >= 4 is 17.5 Å². The number of alkyl halides is 1. The molecular formula is C12H20ClN3O. The number of nitrogens with one attached hydrogen (secondary N) is 1. The molecule has 1 atom stereocenters. The Hall–Kier alpha value is -1.03. The lowest BCUT2D eigenvalue weighted by atomic mass is 10.0. The summed E-state index contributed by atoms with van der Waals surface area (Å²) in [6, 6.07) is 1.89. The van der Waals surface area contributed by atoms with E-state index in [-0.39, 0.29) is 11.9 Å². The maximum Gasteiger partial charge on any atom is 0.269 e. The van der Waals surface area contributed by atoms with E-state index in [9.17, 15) is 4.79 Å². The highest BCUT2D eigenvalue weighted by Gasteiger charge is 2.18. The van der Waals surface area contributed by atoms with Crippen molar-refractivity contribution in [3.05, 3.63) is 17.5 Å². The van der Waals surface area contributed by atoms with Crippen molar-refractivity contribution in [3.8, 4) is 0 Å². The molecule has 0 spiro atoms. The summed E-state index contributed by atoms with van der Waals surface area (Å²) < 4.78 is 1.60. The van der Waals surface area contributed by atoms with Gasteiger partial charge in [-0.05, 0) is 25.3 Å². The van der Waals surface area contributed by atoms with Gasteiger partial charge in [0.2, 0.25) is 0 Å². The zero-order chi connectivity index (χ0) is 13.0. The molecule has 96 valence electrons. The Labute approximate surface area is 107 Å². The molecule has 0 radical (unpaired) electrons. The molecule has 0 fully saturated rings. The van der Waals surface area contributed by atoms with Gasteiger partial charge in [0, 0.05) is 19.0 Å². The molecule has 1 aromatic heterocycles. The second kappa shape index (κ2) is 6.05. The van der Waals surface area contributed by atoms with Crippen LogP contribution in [-0.2, 0) is 7.05 Å². The zero-order valence-corrected chi connectivity index (χ0v) is 11.6. The number of aryl methyl sites for hydroxylation is 2. The number of hydrogen-bond donors (Lipinski definition) is 1. The van der Waals surface area contributed by atoms with Crippen LogP contribution in [0.1, 0.15) is 36.5 Å². The number of nitrogens with zero attached hydrogens (tertiary/aromatic N) is 2. The van der Waals surface area contributed by atoms with Crippen LogP contribution in [0.2, 0.25) is 0 Å². The van der Waals surface area contributed by atoms with E-state index in [0.717, 1.165) is 12.1 Å². The largest absolute Gasteiger partial charge is 0.348 e. The number of aromatic nitrogens is 2. The molecule has 1 unspecified atom stereocenters. The third-order valence-electron chi connectivity index (χ3n) is 2.78. The first-order valence-electron chi connectivity index (χ1n) is 5.83. The fraction of sp³-hybridized carbons (Fsp3) is 0.667. The van der Waals surface area contributed by atoms with Crippen LogP contribution < -0.4 is 5.32 Å². The SMILES string of the molecule is Cc1cc(C(=O)NC(CCCl)C(C)C)n(C)n1. The van der Waals surface area contributed by atoms with Gasteiger partial charge in [0.05, 0.1) is 5.69 Å². The number of carbonyl (C=O) groups excluding carboxylic acids is 1. The highest BCUT2D eigenvalue weighted by atomic mass is 35.5. The Morgan fingerprint density at radius 3 is 2.65 bits per heavy atom. The fourth-order valence-corrected chi connectivity index (χ4v) is 1.99. The molecule has 0 aliphatic carbocycles. The molecule has 1 heterocycles. The minimum Gasteiger partial charge on any atom is -0.348 e. The van der Waals surface area contributed by atoms with E-state index in [4.69, 9.17) is 11.6 Å². The van der Waals surface area contributed by atoms with E-state index < -0.39 is 0 Å². The quantitative estimate of drug-likeness (QED) is 0.822. The predicted molar refractivity (Wildman–Crippen MR) is 69.4 cm³/mol. The van der Waals surface area contributed by atoms with Crippen LogP contribution >= 0.6 is 11.6 Å². The minimum atomic E-state index is -0.0862. The molecule has 1 N–H and O–H groups in total. The summed E-state index contributed by atoms with van der Waals surface area (Å²) in [6.45, 7) is 6.02. The molecule has 0 aromatic carbocycles. The number of rotatable bonds is 5. The average molecular weight is 258 g/mol. The highest BCUT2D eigenvalue weighted by molar-refractivity contribution is 6.17. The first-order chi connectivity index (χ1) is 7.95. The first-order valence-corrected chi connectivity index (χ1v) is 6.36. The number of amides is 1. The van der Waals surface area contributed by atoms with Crippen LogP contribution in [0.5, 0.6) is 0 Å². The molecule has 1 aromatic rings. The van der Waals surface area contributed by atoms with E-state index in [2.05, 4.69) is 24.3 Å². The van der Waals surface area contributed by atoms with Gasteiger partial charge in [-0.3, -0.25) is 9.48 Å². The molecule has 17 heavy (non-hydrogen) atoms. The van der Waals surface area contributed by atoms with Crippen LogP contribution in [-0.4, -0.2) is 27.6 Å². The normalized spacial score (nSPS) is 12.8. The Morgan fingerprint density at radius 1 is 1.59 bits per heavy atom. The topological polar surface area (TPSA) is 46.9 Å². The van der Waals surface area contributed by atoms with E-state index in [1.165, 1.54) is 0 Å². The summed E-state index contributed by atoms with van der Waals surface area (Å²) >= 11 is 5.74. The van der Waals surface area contributed by atoms with Crippen LogP contribution in [0.4, 0.5) is 0 Å². The van der Waals surface area contributed by atoms with Crippen LogP contribution in [0.3, 0.4) is 0 Å². The van der Waals surface area contributed by atoms with Crippen molar-refractivity contribution in [1.82, 2.24) is 15.1 Å². The van der Waals surface area contributed by atoms with Crippen LogP contribution in [0.25, 0.3) is 0 Å².